The first-order valence-electron chi connectivity index (χ1n) is 8.38. The largest absolute Gasteiger partial charge is 0.460 e. The van der Waals surface area contributed by atoms with Crippen LogP contribution in [-0.2, 0) is 19.1 Å². The number of halogens is 2. The van der Waals surface area contributed by atoms with Crippen LogP contribution in [0.25, 0.3) is 0 Å². The van der Waals surface area contributed by atoms with E-state index in [9.17, 15) is 14.4 Å². The second-order valence-electron chi connectivity index (χ2n) is 7.97. The highest BCUT2D eigenvalue weighted by Gasteiger charge is 2.31. The lowest BCUT2D eigenvalue weighted by atomic mass is 10.1. The zero-order valence-corrected chi connectivity index (χ0v) is 18.7. The summed E-state index contributed by atoms with van der Waals surface area (Å²) in [4.78, 5) is 37.2. The van der Waals surface area contributed by atoms with Crippen molar-refractivity contribution < 1.29 is 23.9 Å². The van der Waals surface area contributed by atoms with E-state index >= 15 is 0 Å². The minimum absolute atomic E-state index is 0.178. The van der Waals surface area contributed by atoms with E-state index in [1.165, 1.54) is 6.07 Å². The van der Waals surface area contributed by atoms with Crippen LogP contribution in [0.1, 0.15) is 58.3 Å². The van der Waals surface area contributed by atoms with Crippen molar-refractivity contribution in [2.45, 2.75) is 65.2 Å². The summed E-state index contributed by atoms with van der Waals surface area (Å²) in [6.07, 6.45) is -0.355. The summed E-state index contributed by atoms with van der Waals surface area (Å²) >= 11 is 9.35. The fourth-order valence-electron chi connectivity index (χ4n) is 2.03. The van der Waals surface area contributed by atoms with E-state index < -0.39 is 35.1 Å². The molecule has 150 valence electrons. The highest BCUT2D eigenvalue weighted by atomic mass is 79.9. The van der Waals surface area contributed by atoms with E-state index in [4.69, 9.17) is 21.1 Å². The Morgan fingerprint density at radius 3 is 2.11 bits per heavy atom. The number of benzene rings is 1. The molecule has 27 heavy (non-hydrogen) atoms. The van der Waals surface area contributed by atoms with Gasteiger partial charge in [-0.3, -0.25) is 9.59 Å². The number of rotatable bonds is 5. The molecule has 1 amide bonds. The number of nitrogens with one attached hydrogen (secondary N) is 1. The van der Waals surface area contributed by atoms with Gasteiger partial charge in [0.05, 0.1) is 17.0 Å². The molecule has 1 aromatic carbocycles. The molecular weight excluding hydrogens is 438 g/mol. The van der Waals surface area contributed by atoms with Crippen molar-refractivity contribution in [1.29, 1.82) is 0 Å². The van der Waals surface area contributed by atoms with Gasteiger partial charge in [-0.2, -0.15) is 0 Å². The minimum Gasteiger partial charge on any atom is -0.460 e. The van der Waals surface area contributed by atoms with Gasteiger partial charge in [-0.1, -0.05) is 27.5 Å². The van der Waals surface area contributed by atoms with Crippen LogP contribution in [0, 0.1) is 0 Å². The van der Waals surface area contributed by atoms with Gasteiger partial charge in [-0.25, -0.2) is 4.79 Å². The lowest BCUT2D eigenvalue weighted by Crippen LogP contribution is -2.46. The quantitative estimate of drug-likeness (QED) is 0.661. The zero-order valence-electron chi connectivity index (χ0n) is 16.3. The van der Waals surface area contributed by atoms with Crippen LogP contribution < -0.4 is 5.32 Å². The molecule has 0 spiro atoms. The molecule has 1 N–H and O–H groups in total. The number of carbonyl (C=O) groups excluding carboxylic acids is 3. The fraction of sp³-hybridized carbons (Fsp3) is 0.526. The monoisotopic (exact) mass is 461 g/mol. The molecule has 0 fully saturated rings. The molecule has 1 rings (SSSR count). The molecule has 0 unspecified atom stereocenters. The Bertz CT molecular complexity index is 722. The van der Waals surface area contributed by atoms with E-state index in [0.717, 1.165) is 0 Å². The lowest BCUT2D eigenvalue weighted by molar-refractivity contribution is -0.164. The van der Waals surface area contributed by atoms with Crippen LogP contribution in [0.5, 0.6) is 0 Å². The van der Waals surface area contributed by atoms with Crippen molar-refractivity contribution in [1.82, 2.24) is 5.32 Å². The van der Waals surface area contributed by atoms with Gasteiger partial charge in [0.15, 0.2) is 0 Å². The lowest BCUT2D eigenvalue weighted by Gasteiger charge is -2.25. The van der Waals surface area contributed by atoms with Crippen LogP contribution in [0.15, 0.2) is 22.7 Å². The molecule has 0 aromatic heterocycles. The number of esters is 2. The molecule has 0 saturated carbocycles. The molecule has 0 bridgehead atoms. The van der Waals surface area contributed by atoms with Crippen LogP contribution in [-0.4, -0.2) is 35.1 Å². The first-order chi connectivity index (χ1) is 12.2. The number of carbonyl (C=O) groups is 3. The molecule has 1 aromatic rings. The number of hydrogen-bond acceptors (Lipinski definition) is 5. The van der Waals surface area contributed by atoms with Gasteiger partial charge in [0.2, 0.25) is 0 Å². The third kappa shape index (κ3) is 8.75. The maximum Gasteiger partial charge on any atom is 0.329 e. The number of hydrogen-bond donors (Lipinski definition) is 1. The smallest absolute Gasteiger partial charge is 0.329 e. The normalized spacial score (nSPS) is 12.9. The molecular formula is C19H25BrClNO5. The Morgan fingerprint density at radius 1 is 1.07 bits per heavy atom. The Balaban J connectivity index is 3.00. The summed E-state index contributed by atoms with van der Waals surface area (Å²) in [5.41, 5.74) is -1.31. The Kier molecular flexibility index (Phi) is 7.87. The summed E-state index contributed by atoms with van der Waals surface area (Å²) in [6.45, 7) is 10.2. The molecule has 0 radical (unpaired) electrons. The maximum atomic E-state index is 12.6. The van der Waals surface area contributed by atoms with Gasteiger partial charge in [0, 0.05) is 4.47 Å². The summed E-state index contributed by atoms with van der Waals surface area (Å²) < 4.78 is 11.3. The van der Waals surface area contributed by atoms with E-state index in [-0.39, 0.29) is 17.0 Å². The first-order valence-corrected chi connectivity index (χ1v) is 9.55. The fourth-order valence-corrected chi connectivity index (χ4v) is 2.78. The van der Waals surface area contributed by atoms with Crippen LogP contribution in [0.4, 0.5) is 0 Å². The van der Waals surface area contributed by atoms with Crippen molar-refractivity contribution in [3.05, 3.63) is 33.3 Å². The number of amides is 1. The SMILES string of the molecule is CC(C)(C)OC(=O)C[C@H](NC(=O)c1ccc(Br)cc1Cl)C(=O)OC(C)(C)C. The molecule has 0 aliphatic rings. The molecule has 0 aliphatic heterocycles. The Labute approximate surface area is 173 Å². The summed E-state index contributed by atoms with van der Waals surface area (Å²) in [6, 6.07) is 3.53. The van der Waals surface area contributed by atoms with Gasteiger partial charge in [0.1, 0.15) is 17.2 Å². The average Bonchev–Trinajstić information content (AvgIpc) is 2.42. The predicted molar refractivity (Wildman–Crippen MR) is 107 cm³/mol. The topological polar surface area (TPSA) is 81.7 Å². The first kappa shape index (κ1) is 23.4. The number of ether oxygens (including phenoxy) is 2. The molecule has 0 saturated heterocycles. The molecule has 0 aliphatic carbocycles. The van der Waals surface area contributed by atoms with E-state index in [1.54, 1.807) is 53.7 Å². The summed E-state index contributed by atoms with van der Waals surface area (Å²) in [5.74, 6) is -1.94. The van der Waals surface area contributed by atoms with Crippen molar-refractivity contribution in [2.75, 3.05) is 0 Å². The molecule has 1 atom stereocenters. The van der Waals surface area contributed by atoms with Crippen LogP contribution in [0.2, 0.25) is 5.02 Å². The Hall–Kier alpha value is -1.60. The van der Waals surface area contributed by atoms with Gasteiger partial charge in [0.25, 0.3) is 5.91 Å². The van der Waals surface area contributed by atoms with Crippen LogP contribution in [0.3, 0.4) is 0 Å². The summed E-state index contributed by atoms with van der Waals surface area (Å²) in [5, 5.41) is 2.73. The zero-order chi connectivity index (χ0) is 21.0. The molecule has 8 heteroatoms. The van der Waals surface area contributed by atoms with E-state index in [0.29, 0.717) is 4.47 Å². The average molecular weight is 463 g/mol. The maximum absolute atomic E-state index is 12.6. The van der Waals surface area contributed by atoms with Crippen LogP contribution >= 0.6 is 27.5 Å². The van der Waals surface area contributed by atoms with Crippen molar-refractivity contribution in [2.24, 2.45) is 0 Å². The van der Waals surface area contributed by atoms with Crippen molar-refractivity contribution in [3.8, 4) is 0 Å². The predicted octanol–water partition coefficient (Wildman–Crippen LogP) is 4.27. The standard InChI is InChI=1S/C19H25BrClNO5/c1-18(2,3)26-15(23)10-14(17(25)27-19(4,5)6)22-16(24)12-8-7-11(20)9-13(12)21/h7-9,14H,10H2,1-6H3,(H,22,24)/t14-/m0/s1. The summed E-state index contributed by atoms with van der Waals surface area (Å²) in [7, 11) is 0. The van der Waals surface area contributed by atoms with Gasteiger partial charge >= 0.3 is 11.9 Å². The van der Waals surface area contributed by atoms with E-state index in [1.807, 2.05) is 0 Å². The molecule has 0 heterocycles. The highest BCUT2D eigenvalue weighted by molar-refractivity contribution is 9.10. The van der Waals surface area contributed by atoms with Gasteiger partial charge < -0.3 is 14.8 Å². The second kappa shape index (κ2) is 9.06. The second-order valence-corrected chi connectivity index (χ2v) is 9.30. The van der Waals surface area contributed by atoms with Crippen molar-refractivity contribution >= 4 is 45.4 Å². The third-order valence-corrected chi connectivity index (χ3v) is 3.77. The molecule has 6 nitrogen and oxygen atoms in total. The third-order valence-electron chi connectivity index (χ3n) is 2.96. The van der Waals surface area contributed by atoms with Crippen molar-refractivity contribution in [3.63, 3.8) is 0 Å². The van der Waals surface area contributed by atoms with Gasteiger partial charge in [-0.05, 0) is 59.7 Å². The highest BCUT2D eigenvalue weighted by Crippen LogP contribution is 2.22. The minimum atomic E-state index is -1.20. The van der Waals surface area contributed by atoms with E-state index in [2.05, 4.69) is 21.2 Å². The Morgan fingerprint density at radius 2 is 1.63 bits per heavy atom. The van der Waals surface area contributed by atoms with Gasteiger partial charge in [-0.15, -0.1) is 0 Å².